The number of guanidine groups is 1. The van der Waals surface area contributed by atoms with Gasteiger partial charge in [-0.1, -0.05) is 6.92 Å². The highest BCUT2D eigenvalue weighted by Crippen LogP contribution is 2.12. The molecule has 0 radical (unpaired) electrons. The molecule has 0 aromatic carbocycles. The van der Waals surface area contributed by atoms with Crippen molar-refractivity contribution in [2.45, 2.75) is 34.1 Å². The average molecular weight is 293 g/mol. The van der Waals surface area contributed by atoms with Crippen molar-refractivity contribution in [1.29, 1.82) is 5.26 Å². The van der Waals surface area contributed by atoms with Crippen molar-refractivity contribution in [3.63, 3.8) is 0 Å². The van der Waals surface area contributed by atoms with E-state index in [4.69, 9.17) is 10.00 Å². The number of nitrogens with one attached hydrogen (secondary N) is 1. The first-order valence-corrected chi connectivity index (χ1v) is 6.70. The summed E-state index contributed by atoms with van der Waals surface area (Å²) < 4.78 is 4.87. The Morgan fingerprint density at radius 3 is 2.33 bits per heavy atom. The van der Waals surface area contributed by atoms with Gasteiger partial charge in [0.05, 0.1) is 12.3 Å². The molecule has 116 valence electrons. The number of hydrogen-bond acceptors (Lipinski definition) is 5. The predicted octanol–water partition coefficient (Wildman–Crippen LogP) is 1.64. The number of carbonyl (C=O) groups is 1. The fourth-order valence-corrected chi connectivity index (χ4v) is 1.26. The van der Waals surface area contributed by atoms with Crippen molar-refractivity contribution in [3.8, 4) is 6.07 Å². The Balaban J connectivity index is 5.66. The summed E-state index contributed by atoms with van der Waals surface area (Å²) in [5.41, 5.74) is 3.90. The molecule has 0 aliphatic rings. The Kier molecular flexibility index (Phi) is 8.46. The zero-order valence-electron chi connectivity index (χ0n) is 13.5. The smallest absolute Gasteiger partial charge is 0.350 e. The summed E-state index contributed by atoms with van der Waals surface area (Å²) in [7, 11) is 3.58. The molecule has 0 heterocycles. The second kappa shape index (κ2) is 9.53. The zero-order chi connectivity index (χ0) is 16.4. The van der Waals surface area contributed by atoms with Crippen molar-refractivity contribution in [2.75, 3.05) is 20.7 Å². The van der Waals surface area contributed by atoms with Gasteiger partial charge >= 0.3 is 5.97 Å². The lowest BCUT2D eigenvalue weighted by Crippen LogP contribution is -2.33. The number of carbonyl (C=O) groups excluding carboxylic acids is 1. The topological polar surface area (TPSA) is 90.1 Å². The summed E-state index contributed by atoms with van der Waals surface area (Å²) in [4.78, 5) is 17.8. The van der Waals surface area contributed by atoms with Gasteiger partial charge in [0.15, 0.2) is 5.57 Å². The fourth-order valence-electron chi connectivity index (χ4n) is 1.26. The van der Waals surface area contributed by atoms with Gasteiger partial charge in [0.1, 0.15) is 6.07 Å². The lowest BCUT2D eigenvalue weighted by Gasteiger charge is -2.16. The van der Waals surface area contributed by atoms with Crippen LogP contribution in [0.1, 0.15) is 34.1 Å². The summed E-state index contributed by atoms with van der Waals surface area (Å²) in [6.45, 7) is 7.40. The third kappa shape index (κ3) is 6.56. The highest BCUT2D eigenvalue weighted by molar-refractivity contribution is 5.94. The van der Waals surface area contributed by atoms with Gasteiger partial charge in [-0.2, -0.15) is 10.4 Å². The fraction of sp³-hybridized carbons (Fsp3) is 0.571. The third-order valence-corrected chi connectivity index (χ3v) is 2.26. The van der Waals surface area contributed by atoms with Crippen LogP contribution in [0.25, 0.3) is 0 Å². The molecule has 0 spiro atoms. The van der Waals surface area contributed by atoms with Crippen LogP contribution in [-0.2, 0) is 9.53 Å². The monoisotopic (exact) mass is 293 g/mol. The molecule has 0 aromatic heterocycles. The number of hydrogen-bond donors (Lipinski definition) is 1. The van der Waals surface area contributed by atoms with Crippen molar-refractivity contribution in [3.05, 3.63) is 11.3 Å². The quantitative estimate of drug-likeness (QED) is 0.208. The van der Waals surface area contributed by atoms with Crippen molar-refractivity contribution in [2.24, 2.45) is 10.1 Å². The van der Waals surface area contributed by atoms with E-state index in [1.807, 2.05) is 26.8 Å². The van der Waals surface area contributed by atoms with Gasteiger partial charge in [-0.05, 0) is 27.2 Å². The van der Waals surface area contributed by atoms with Crippen LogP contribution >= 0.6 is 0 Å². The molecule has 0 fully saturated rings. The minimum absolute atomic E-state index is 0.0855. The zero-order valence-corrected chi connectivity index (χ0v) is 13.5. The molecule has 1 N–H and O–H groups in total. The van der Waals surface area contributed by atoms with E-state index in [0.717, 1.165) is 5.71 Å². The maximum atomic E-state index is 11.8. The Labute approximate surface area is 126 Å². The maximum Gasteiger partial charge on any atom is 0.350 e. The van der Waals surface area contributed by atoms with Gasteiger partial charge in [-0.3, -0.25) is 0 Å². The van der Waals surface area contributed by atoms with Crippen LogP contribution in [0.3, 0.4) is 0 Å². The van der Waals surface area contributed by atoms with E-state index in [0.29, 0.717) is 18.1 Å². The first-order chi connectivity index (χ1) is 9.87. The highest BCUT2D eigenvalue weighted by Gasteiger charge is 2.16. The SMILES string of the molecule is CCOC(=O)/C(C#N)=C(\CC)N=C(NN=C(C)C)N(C)C. The average Bonchev–Trinajstić information content (AvgIpc) is 2.41. The van der Waals surface area contributed by atoms with E-state index in [1.165, 1.54) is 0 Å². The molecule has 0 aliphatic carbocycles. The summed E-state index contributed by atoms with van der Waals surface area (Å²) >= 11 is 0. The number of nitrogens with zero attached hydrogens (tertiary/aromatic N) is 4. The van der Waals surface area contributed by atoms with Crippen LogP contribution in [0, 0.1) is 11.3 Å². The molecule has 0 unspecified atom stereocenters. The van der Waals surface area contributed by atoms with Gasteiger partial charge in [0, 0.05) is 19.8 Å². The normalized spacial score (nSPS) is 12.0. The minimum Gasteiger partial charge on any atom is -0.462 e. The van der Waals surface area contributed by atoms with Crippen LogP contribution in [-0.4, -0.2) is 43.2 Å². The number of rotatable bonds is 5. The molecular weight excluding hydrogens is 270 g/mol. The molecule has 0 aromatic rings. The van der Waals surface area contributed by atoms with E-state index >= 15 is 0 Å². The molecule has 0 aliphatic heterocycles. The molecule has 0 saturated heterocycles. The third-order valence-electron chi connectivity index (χ3n) is 2.26. The van der Waals surface area contributed by atoms with E-state index in [-0.39, 0.29) is 12.2 Å². The van der Waals surface area contributed by atoms with Crippen LogP contribution in [0.2, 0.25) is 0 Å². The largest absolute Gasteiger partial charge is 0.462 e. The van der Waals surface area contributed by atoms with Crippen molar-refractivity contribution < 1.29 is 9.53 Å². The summed E-state index contributed by atoms with van der Waals surface area (Å²) in [5, 5.41) is 13.2. The second-order valence-electron chi connectivity index (χ2n) is 4.51. The van der Waals surface area contributed by atoms with Crippen LogP contribution in [0.4, 0.5) is 0 Å². The Hall–Kier alpha value is -2.36. The Morgan fingerprint density at radius 2 is 1.95 bits per heavy atom. The Bertz CT molecular complexity index is 494. The highest BCUT2D eigenvalue weighted by atomic mass is 16.5. The number of ether oxygens (including phenoxy) is 1. The number of esters is 1. The Morgan fingerprint density at radius 1 is 1.33 bits per heavy atom. The van der Waals surface area contributed by atoms with E-state index < -0.39 is 5.97 Å². The lowest BCUT2D eigenvalue weighted by atomic mass is 10.2. The van der Waals surface area contributed by atoms with Gasteiger partial charge in [-0.25, -0.2) is 15.2 Å². The minimum atomic E-state index is -0.658. The summed E-state index contributed by atoms with van der Waals surface area (Å²) in [6, 6.07) is 1.86. The van der Waals surface area contributed by atoms with Gasteiger partial charge in [0.25, 0.3) is 0 Å². The predicted molar refractivity (Wildman–Crippen MR) is 82.6 cm³/mol. The first-order valence-electron chi connectivity index (χ1n) is 6.70. The number of hydrazone groups is 1. The van der Waals surface area contributed by atoms with Crippen LogP contribution in [0.5, 0.6) is 0 Å². The molecule has 0 atom stereocenters. The van der Waals surface area contributed by atoms with Crippen molar-refractivity contribution >= 4 is 17.6 Å². The number of aliphatic imine (C=N–C) groups is 1. The molecule has 7 nitrogen and oxygen atoms in total. The lowest BCUT2D eigenvalue weighted by molar-refractivity contribution is -0.138. The number of nitriles is 1. The van der Waals surface area contributed by atoms with Gasteiger partial charge < -0.3 is 9.64 Å². The molecule has 21 heavy (non-hydrogen) atoms. The molecule has 0 rings (SSSR count). The summed E-state index contributed by atoms with van der Waals surface area (Å²) in [6.07, 6.45) is 0.426. The second-order valence-corrected chi connectivity index (χ2v) is 4.51. The van der Waals surface area contributed by atoms with Crippen LogP contribution in [0.15, 0.2) is 21.4 Å². The first kappa shape index (κ1) is 18.6. The maximum absolute atomic E-state index is 11.8. The number of allylic oxidation sites excluding steroid dienone is 1. The molecule has 7 heteroatoms. The van der Waals surface area contributed by atoms with Crippen LogP contribution < -0.4 is 5.43 Å². The standard InChI is InChI=1S/C14H23N5O2/c1-7-12(11(9-15)13(20)21-8-2)16-14(19(5)6)18-17-10(3)4/h7-8H2,1-6H3,(H,16,18)/b12-11+. The molecule has 0 bridgehead atoms. The summed E-state index contributed by atoms with van der Waals surface area (Å²) in [5.74, 6) is -0.223. The van der Waals surface area contributed by atoms with E-state index in [2.05, 4.69) is 15.5 Å². The molecular formula is C14H23N5O2. The van der Waals surface area contributed by atoms with Crippen molar-refractivity contribution in [1.82, 2.24) is 10.3 Å². The molecule has 0 amide bonds. The van der Waals surface area contributed by atoms with E-state index in [1.54, 1.807) is 25.9 Å². The van der Waals surface area contributed by atoms with E-state index in [9.17, 15) is 4.79 Å². The van der Waals surface area contributed by atoms with Gasteiger partial charge in [-0.15, -0.1) is 0 Å². The molecule has 0 saturated carbocycles. The van der Waals surface area contributed by atoms with Gasteiger partial charge in [0.2, 0.25) is 5.96 Å².